The van der Waals surface area contributed by atoms with Gasteiger partial charge in [0.15, 0.2) is 0 Å². The van der Waals surface area contributed by atoms with Crippen LogP contribution in [-0.4, -0.2) is 25.1 Å². The summed E-state index contributed by atoms with van der Waals surface area (Å²) >= 11 is 5.84. The van der Waals surface area contributed by atoms with Crippen molar-refractivity contribution in [3.8, 4) is 0 Å². The molecule has 0 amide bonds. The SMILES string of the molecule is Clc1nc(NCc2ccn[nH]2)c2cc[nH]c2n1. The lowest BCUT2D eigenvalue weighted by Crippen LogP contribution is -2.03. The molecule has 0 bridgehead atoms. The number of hydrogen-bond acceptors (Lipinski definition) is 4. The summed E-state index contributed by atoms with van der Waals surface area (Å²) in [4.78, 5) is 11.2. The van der Waals surface area contributed by atoms with E-state index in [9.17, 15) is 0 Å². The maximum atomic E-state index is 5.84. The van der Waals surface area contributed by atoms with E-state index in [0.29, 0.717) is 12.4 Å². The molecule has 17 heavy (non-hydrogen) atoms. The molecule has 0 saturated heterocycles. The number of nitrogens with one attached hydrogen (secondary N) is 3. The topological polar surface area (TPSA) is 82.3 Å². The van der Waals surface area contributed by atoms with Crippen molar-refractivity contribution >= 4 is 28.5 Å². The average molecular weight is 249 g/mol. The minimum Gasteiger partial charge on any atom is -0.364 e. The van der Waals surface area contributed by atoms with Gasteiger partial charge in [-0.1, -0.05) is 0 Å². The number of aromatic amines is 2. The fraction of sp³-hybridized carbons (Fsp3) is 0.100. The summed E-state index contributed by atoms with van der Waals surface area (Å²) in [6.07, 6.45) is 3.51. The van der Waals surface area contributed by atoms with Gasteiger partial charge < -0.3 is 10.3 Å². The third-order valence-electron chi connectivity index (χ3n) is 2.39. The molecule has 0 fully saturated rings. The molecule has 3 rings (SSSR count). The van der Waals surface area contributed by atoms with Gasteiger partial charge in [-0.2, -0.15) is 10.1 Å². The molecule has 3 N–H and O–H groups in total. The predicted molar refractivity (Wildman–Crippen MR) is 64.8 cm³/mol. The fourth-order valence-corrected chi connectivity index (χ4v) is 1.78. The first kappa shape index (κ1) is 10.1. The molecule has 0 radical (unpaired) electrons. The van der Waals surface area contributed by atoms with Crippen LogP contribution in [0.3, 0.4) is 0 Å². The molecule has 3 aromatic rings. The van der Waals surface area contributed by atoms with Crippen molar-refractivity contribution in [3.63, 3.8) is 0 Å². The van der Waals surface area contributed by atoms with Crippen molar-refractivity contribution in [1.82, 2.24) is 25.1 Å². The zero-order valence-corrected chi connectivity index (χ0v) is 9.49. The monoisotopic (exact) mass is 248 g/mol. The summed E-state index contributed by atoms with van der Waals surface area (Å²) in [6.45, 7) is 0.605. The van der Waals surface area contributed by atoms with E-state index in [0.717, 1.165) is 16.7 Å². The van der Waals surface area contributed by atoms with E-state index in [2.05, 4.69) is 30.5 Å². The Kier molecular flexibility index (Phi) is 2.41. The normalized spacial score (nSPS) is 10.9. The van der Waals surface area contributed by atoms with Crippen LogP contribution in [0.15, 0.2) is 24.5 Å². The Hall–Kier alpha value is -2.08. The molecule has 86 valence electrons. The van der Waals surface area contributed by atoms with E-state index in [1.165, 1.54) is 0 Å². The Morgan fingerprint density at radius 1 is 1.29 bits per heavy atom. The molecule has 0 atom stereocenters. The van der Waals surface area contributed by atoms with Crippen LogP contribution in [0.4, 0.5) is 5.82 Å². The summed E-state index contributed by atoms with van der Waals surface area (Å²) in [5.74, 6) is 0.704. The number of anilines is 1. The van der Waals surface area contributed by atoms with Crippen molar-refractivity contribution in [2.45, 2.75) is 6.54 Å². The second-order valence-electron chi connectivity index (χ2n) is 3.52. The highest BCUT2D eigenvalue weighted by atomic mass is 35.5. The van der Waals surface area contributed by atoms with Crippen LogP contribution in [0.1, 0.15) is 5.69 Å². The number of H-pyrrole nitrogens is 2. The number of aromatic nitrogens is 5. The van der Waals surface area contributed by atoms with Gasteiger partial charge in [0.1, 0.15) is 11.5 Å². The fourth-order valence-electron chi connectivity index (χ4n) is 1.61. The van der Waals surface area contributed by atoms with Gasteiger partial charge in [0.25, 0.3) is 0 Å². The largest absolute Gasteiger partial charge is 0.364 e. The maximum Gasteiger partial charge on any atom is 0.226 e. The molecule has 0 aliphatic carbocycles. The molecule has 0 aliphatic rings. The summed E-state index contributed by atoms with van der Waals surface area (Å²) in [7, 11) is 0. The van der Waals surface area contributed by atoms with Crippen molar-refractivity contribution in [1.29, 1.82) is 0 Å². The summed E-state index contributed by atoms with van der Waals surface area (Å²) < 4.78 is 0. The first-order valence-corrected chi connectivity index (χ1v) is 5.43. The Bertz CT molecular complexity index is 629. The van der Waals surface area contributed by atoms with Gasteiger partial charge in [-0.25, -0.2) is 4.98 Å². The average Bonchev–Trinajstić information content (AvgIpc) is 2.95. The quantitative estimate of drug-likeness (QED) is 0.619. The molecule has 0 aromatic carbocycles. The van der Waals surface area contributed by atoms with Crippen molar-refractivity contribution in [2.24, 2.45) is 0 Å². The lowest BCUT2D eigenvalue weighted by atomic mass is 10.3. The summed E-state index contributed by atoms with van der Waals surface area (Å²) in [6, 6.07) is 3.80. The third-order valence-corrected chi connectivity index (χ3v) is 2.56. The molecule has 3 aromatic heterocycles. The minimum atomic E-state index is 0.215. The van der Waals surface area contributed by atoms with Crippen molar-refractivity contribution in [3.05, 3.63) is 35.5 Å². The zero-order valence-electron chi connectivity index (χ0n) is 8.74. The highest BCUT2D eigenvalue weighted by Crippen LogP contribution is 2.21. The van der Waals surface area contributed by atoms with Crippen molar-refractivity contribution in [2.75, 3.05) is 5.32 Å². The molecular formula is C10H9ClN6. The van der Waals surface area contributed by atoms with Crippen LogP contribution in [0.5, 0.6) is 0 Å². The molecular weight excluding hydrogens is 240 g/mol. The Balaban J connectivity index is 1.91. The van der Waals surface area contributed by atoms with Crippen LogP contribution < -0.4 is 5.32 Å². The maximum absolute atomic E-state index is 5.84. The van der Waals surface area contributed by atoms with Crippen LogP contribution >= 0.6 is 11.6 Å². The van der Waals surface area contributed by atoms with Crippen LogP contribution in [0.25, 0.3) is 11.0 Å². The van der Waals surface area contributed by atoms with Gasteiger partial charge >= 0.3 is 0 Å². The van der Waals surface area contributed by atoms with E-state index >= 15 is 0 Å². The van der Waals surface area contributed by atoms with Crippen LogP contribution in [0.2, 0.25) is 5.28 Å². The molecule has 0 saturated carbocycles. The van der Waals surface area contributed by atoms with E-state index in [1.807, 2.05) is 12.1 Å². The van der Waals surface area contributed by atoms with Gasteiger partial charge in [-0.05, 0) is 23.7 Å². The Morgan fingerprint density at radius 3 is 3.06 bits per heavy atom. The van der Waals surface area contributed by atoms with Gasteiger partial charge in [0.2, 0.25) is 5.28 Å². The van der Waals surface area contributed by atoms with Gasteiger partial charge in [0.05, 0.1) is 17.6 Å². The predicted octanol–water partition coefficient (Wildman–Crippen LogP) is 1.95. The number of nitrogens with zero attached hydrogens (tertiary/aromatic N) is 3. The Labute approximate surface area is 101 Å². The first-order valence-electron chi connectivity index (χ1n) is 5.06. The number of fused-ring (bicyclic) bond motifs is 1. The second kappa shape index (κ2) is 4.06. The number of rotatable bonds is 3. The van der Waals surface area contributed by atoms with Gasteiger partial charge in [-0.3, -0.25) is 5.10 Å². The molecule has 0 aliphatic heterocycles. The van der Waals surface area contributed by atoms with E-state index in [4.69, 9.17) is 11.6 Å². The lowest BCUT2D eigenvalue weighted by Gasteiger charge is -2.05. The molecule has 6 nitrogen and oxygen atoms in total. The molecule has 7 heteroatoms. The van der Waals surface area contributed by atoms with Gasteiger partial charge in [0, 0.05) is 12.4 Å². The zero-order chi connectivity index (χ0) is 11.7. The highest BCUT2D eigenvalue weighted by Gasteiger charge is 2.07. The van der Waals surface area contributed by atoms with Crippen LogP contribution in [0, 0.1) is 0 Å². The van der Waals surface area contributed by atoms with Crippen molar-refractivity contribution < 1.29 is 0 Å². The van der Waals surface area contributed by atoms with E-state index in [-0.39, 0.29) is 5.28 Å². The summed E-state index contributed by atoms with van der Waals surface area (Å²) in [5, 5.41) is 11.1. The molecule has 3 heterocycles. The molecule has 0 unspecified atom stereocenters. The van der Waals surface area contributed by atoms with E-state index < -0.39 is 0 Å². The highest BCUT2D eigenvalue weighted by molar-refractivity contribution is 6.28. The summed E-state index contributed by atoms with van der Waals surface area (Å²) in [5.41, 5.74) is 1.69. The lowest BCUT2D eigenvalue weighted by molar-refractivity contribution is 0.974. The van der Waals surface area contributed by atoms with E-state index in [1.54, 1.807) is 12.4 Å². The van der Waals surface area contributed by atoms with Gasteiger partial charge in [-0.15, -0.1) is 0 Å². The second-order valence-corrected chi connectivity index (χ2v) is 3.85. The third kappa shape index (κ3) is 1.94. The number of halogens is 1. The smallest absolute Gasteiger partial charge is 0.226 e. The first-order chi connectivity index (χ1) is 8.33. The Morgan fingerprint density at radius 2 is 2.24 bits per heavy atom. The minimum absolute atomic E-state index is 0.215. The standard InChI is InChI=1S/C10H9ClN6/c11-10-15-8-7(2-3-12-8)9(16-10)13-5-6-1-4-14-17-6/h1-4H,5H2,(H,14,17)(H2,12,13,15,16). The van der Waals surface area contributed by atoms with Crippen LogP contribution in [-0.2, 0) is 6.54 Å². The number of hydrogen-bond donors (Lipinski definition) is 3. The molecule has 0 spiro atoms.